The van der Waals surface area contributed by atoms with Gasteiger partial charge in [-0.2, -0.15) is 0 Å². The molecule has 0 saturated heterocycles. The summed E-state index contributed by atoms with van der Waals surface area (Å²) < 4.78 is 0. The van der Waals surface area contributed by atoms with Crippen molar-refractivity contribution in [3.63, 3.8) is 0 Å². The number of fused-ring (bicyclic) bond motifs is 1. The number of nitrogen functional groups attached to an aromatic ring is 1. The molecule has 0 fully saturated rings. The van der Waals surface area contributed by atoms with E-state index in [0.717, 1.165) is 5.69 Å². The van der Waals surface area contributed by atoms with E-state index < -0.39 is 0 Å². The van der Waals surface area contributed by atoms with Crippen LogP contribution in [0.25, 0.3) is 6.08 Å². The minimum atomic E-state index is 0.545. The summed E-state index contributed by atoms with van der Waals surface area (Å²) >= 11 is 0. The van der Waals surface area contributed by atoms with Gasteiger partial charge in [0, 0.05) is 17.2 Å². The maximum Gasteiger partial charge on any atom is 0.0390 e. The number of hydrogen-bond acceptors (Lipinski definition) is 1. The Kier molecular flexibility index (Phi) is 1.47. The fourth-order valence-corrected chi connectivity index (χ4v) is 1.74. The van der Waals surface area contributed by atoms with Gasteiger partial charge in [-0.15, -0.1) is 0 Å². The van der Waals surface area contributed by atoms with Crippen LogP contribution in [0.5, 0.6) is 0 Å². The second kappa shape index (κ2) is 2.37. The third kappa shape index (κ3) is 0.860. The fraction of sp³-hybridized carbons (Fsp3) is 0.273. The van der Waals surface area contributed by atoms with Crippen LogP contribution in [-0.2, 0) is 0 Å². The van der Waals surface area contributed by atoms with E-state index in [-0.39, 0.29) is 0 Å². The van der Waals surface area contributed by atoms with E-state index in [0.29, 0.717) is 5.92 Å². The summed E-state index contributed by atoms with van der Waals surface area (Å²) in [6.45, 7) is 4.38. The molecule has 0 radical (unpaired) electrons. The van der Waals surface area contributed by atoms with Crippen molar-refractivity contribution >= 4 is 11.8 Å². The molecule has 1 aromatic rings. The summed E-state index contributed by atoms with van der Waals surface area (Å²) in [4.78, 5) is 0. The van der Waals surface area contributed by atoms with E-state index in [1.165, 1.54) is 16.7 Å². The molecule has 0 bridgehead atoms. The van der Waals surface area contributed by atoms with Gasteiger partial charge in [-0.05, 0) is 18.6 Å². The van der Waals surface area contributed by atoms with Gasteiger partial charge in [0.05, 0.1) is 0 Å². The highest BCUT2D eigenvalue weighted by Crippen LogP contribution is 2.37. The van der Waals surface area contributed by atoms with E-state index in [2.05, 4.69) is 26.0 Å². The fourth-order valence-electron chi connectivity index (χ4n) is 1.74. The van der Waals surface area contributed by atoms with E-state index in [1.807, 2.05) is 12.1 Å². The maximum absolute atomic E-state index is 5.85. The normalized spacial score (nSPS) is 20.5. The zero-order chi connectivity index (χ0) is 8.72. The van der Waals surface area contributed by atoms with Crippen LogP contribution in [-0.4, -0.2) is 0 Å². The third-order valence-corrected chi connectivity index (χ3v) is 2.70. The number of anilines is 1. The molecule has 2 N–H and O–H groups in total. The summed E-state index contributed by atoms with van der Waals surface area (Å²) in [7, 11) is 0. The van der Waals surface area contributed by atoms with E-state index >= 15 is 0 Å². The zero-order valence-electron chi connectivity index (χ0n) is 7.46. The van der Waals surface area contributed by atoms with Crippen molar-refractivity contribution in [2.75, 3.05) is 5.73 Å². The molecule has 0 amide bonds. The highest BCUT2D eigenvalue weighted by Gasteiger charge is 2.18. The highest BCUT2D eigenvalue weighted by molar-refractivity contribution is 5.75. The van der Waals surface area contributed by atoms with Crippen LogP contribution in [0, 0.1) is 0 Å². The predicted octanol–water partition coefficient (Wildman–Crippen LogP) is 2.79. The van der Waals surface area contributed by atoms with Gasteiger partial charge in [-0.25, -0.2) is 0 Å². The molecule has 1 atom stereocenters. The number of benzene rings is 1. The number of nitrogens with two attached hydrogens (primary N) is 1. The van der Waals surface area contributed by atoms with E-state index in [9.17, 15) is 0 Å². The van der Waals surface area contributed by atoms with E-state index in [4.69, 9.17) is 5.73 Å². The molecule has 12 heavy (non-hydrogen) atoms. The Morgan fingerprint density at radius 2 is 2.08 bits per heavy atom. The first-order valence-electron chi connectivity index (χ1n) is 4.26. The topological polar surface area (TPSA) is 26.0 Å². The minimum absolute atomic E-state index is 0.545. The molecule has 1 aliphatic carbocycles. The molecule has 0 aliphatic heterocycles. The lowest BCUT2D eigenvalue weighted by molar-refractivity contribution is 0.922. The molecule has 2 rings (SSSR count). The average Bonchev–Trinajstić information content (AvgIpc) is 2.32. The van der Waals surface area contributed by atoms with Gasteiger partial charge in [-0.3, -0.25) is 0 Å². The average molecular weight is 159 g/mol. The predicted molar refractivity (Wildman–Crippen MR) is 52.9 cm³/mol. The van der Waals surface area contributed by atoms with Crippen LogP contribution in [0.2, 0.25) is 0 Å². The molecule has 0 aromatic heterocycles. The van der Waals surface area contributed by atoms with E-state index in [1.54, 1.807) is 0 Å². The molecule has 62 valence electrons. The lowest BCUT2D eigenvalue weighted by atomic mass is 9.98. The summed E-state index contributed by atoms with van der Waals surface area (Å²) in [5.74, 6) is 0.545. The molecular weight excluding hydrogens is 146 g/mol. The Balaban J connectivity index is 2.64. The molecule has 0 saturated carbocycles. The second-order valence-electron chi connectivity index (χ2n) is 3.46. The molecule has 1 unspecified atom stereocenters. The first-order valence-corrected chi connectivity index (χ1v) is 4.26. The molecular formula is C11H13N. The Labute approximate surface area is 72.9 Å². The summed E-state index contributed by atoms with van der Waals surface area (Å²) in [6.07, 6.45) is 2.19. The summed E-state index contributed by atoms with van der Waals surface area (Å²) in [6, 6.07) is 6.14. The lowest BCUT2D eigenvalue weighted by Crippen LogP contribution is -1.93. The standard InChI is InChI=1S/C11H13N/c1-7-6-10-9(8(7)2)4-3-5-11(10)12/h3-6,8H,12H2,1-2H3. The van der Waals surface area contributed by atoms with Crippen molar-refractivity contribution < 1.29 is 0 Å². The first-order chi connectivity index (χ1) is 5.70. The van der Waals surface area contributed by atoms with Crippen molar-refractivity contribution in [2.24, 2.45) is 0 Å². The van der Waals surface area contributed by atoms with Crippen molar-refractivity contribution in [1.82, 2.24) is 0 Å². The van der Waals surface area contributed by atoms with Crippen LogP contribution in [0.15, 0.2) is 23.8 Å². The molecule has 1 nitrogen and oxygen atoms in total. The Morgan fingerprint density at radius 3 is 2.75 bits per heavy atom. The van der Waals surface area contributed by atoms with Crippen LogP contribution in [0.1, 0.15) is 30.9 Å². The lowest BCUT2D eigenvalue weighted by Gasteiger charge is -2.07. The number of allylic oxidation sites excluding steroid dienone is 1. The quantitative estimate of drug-likeness (QED) is 0.579. The van der Waals surface area contributed by atoms with Gasteiger partial charge in [-0.1, -0.05) is 30.7 Å². The van der Waals surface area contributed by atoms with Crippen molar-refractivity contribution in [3.8, 4) is 0 Å². The largest absolute Gasteiger partial charge is 0.398 e. The Morgan fingerprint density at radius 1 is 1.33 bits per heavy atom. The van der Waals surface area contributed by atoms with Crippen molar-refractivity contribution in [3.05, 3.63) is 34.9 Å². The minimum Gasteiger partial charge on any atom is -0.398 e. The number of rotatable bonds is 0. The zero-order valence-corrected chi connectivity index (χ0v) is 7.46. The second-order valence-corrected chi connectivity index (χ2v) is 3.46. The van der Waals surface area contributed by atoms with Gasteiger partial charge in [0.1, 0.15) is 0 Å². The summed E-state index contributed by atoms with van der Waals surface area (Å²) in [5.41, 5.74) is 10.7. The molecule has 0 heterocycles. The number of hydrogen-bond donors (Lipinski definition) is 1. The van der Waals surface area contributed by atoms with Gasteiger partial charge in [0.25, 0.3) is 0 Å². The summed E-state index contributed by atoms with van der Waals surface area (Å²) in [5, 5.41) is 0. The van der Waals surface area contributed by atoms with Crippen LogP contribution < -0.4 is 5.73 Å². The first kappa shape index (κ1) is 7.41. The van der Waals surface area contributed by atoms with Gasteiger partial charge in [0.15, 0.2) is 0 Å². The molecule has 1 aliphatic rings. The van der Waals surface area contributed by atoms with Crippen molar-refractivity contribution in [1.29, 1.82) is 0 Å². The molecule has 1 aromatic carbocycles. The Hall–Kier alpha value is -1.24. The SMILES string of the molecule is CC1=Cc2c(N)cccc2C1C. The van der Waals surface area contributed by atoms with Crippen LogP contribution in [0.4, 0.5) is 5.69 Å². The maximum atomic E-state index is 5.85. The van der Waals surface area contributed by atoms with Gasteiger partial charge >= 0.3 is 0 Å². The Bertz CT molecular complexity index is 350. The monoisotopic (exact) mass is 159 g/mol. The van der Waals surface area contributed by atoms with Crippen LogP contribution >= 0.6 is 0 Å². The molecule has 1 heteroatoms. The smallest absolute Gasteiger partial charge is 0.0390 e. The van der Waals surface area contributed by atoms with Crippen molar-refractivity contribution in [2.45, 2.75) is 19.8 Å². The third-order valence-electron chi connectivity index (χ3n) is 2.70. The van der Waals surface area contributed by atoms with Gasteiger partial charge < -0.3 is 5.73 Å². The molecule has 0 spiro atoms. The van der Waals surface area contributed by atoms with Crippen LogP contribution in [0.3, 0.4) is 0 Å². The van der Waals surface area contributed by atoms with Gasteiger partial charge in [0.2, 0.25) is 0 Å². The highest BCUT2D eigenvalue weighted by atomic mass is 14.6.